The van der Waals surface area contributed by atoms with Crippen LogP contribution < -0.4 is 0 Å². The lowest BCUT2D eigenvalue weighted by atomic mass is 9.93. The summed E-state index contributed by atoms with van der Waals surface area (Å²) in [6.07, 6.45) is 8.17. The largest absolute Gasteiger partial charge is 0.394 e. The summed E-state index contributed by atoms with van der Waals surface area (Å²) in [6.45, 7) is 3.93. The molecule has 114 valence electrons. The minimum Gasteiger partial charge on any atom is -0.394 e. The maximum Gasteiger partial charge on any atom is 0.0644 e. The van der Waals surface area contributed by atoms with Crippen LogP contribution in [0.1, 0.15) is 30.0 Å². The summed E-state index contributed by atoms with van der Waals surface area (Å²) < 4.78 is 3.80. The zero-order valence-corrected chi connectivity index (χ0v) is 12.5. The van der Waals surface area contributed by atoms with Crippen molar-refractivity contribution in [1.82, 2.24) is 24.5 Å². The summed E-state index contributed by atoms with van der Waals surface area (Å²) in [5.74, 6) is 0.559. The van der Waals surface area contributed by atoms with Gasteiger partial charge in [0.1, 0.15) is 0 Å². The molecule has 0 radical (unpaired) electrons. The van der Waals surface area contributed by atoms with Crippen LogP contribution in [0.4, 0.5) is 0 Å². The minimum absolute atomic E-state index is 0.147. The van der Waals surface area contributed by atoms with Crippen LogP contribution >= 0.6 is 0 Å². The Kier molecular flexibility index (Phi) is 4.36. The molecule has 0 bridgehead atoms. The van der Waals surface area contributed by atoms with Gasteiger partial charge in [-0.1, -0.05) is 0 Å². The molecule has 0 aliphatic carbocycles. The molecule has 0 atom stereocenters. The Morgan fingerprint density at radius 1 is 1.29 bits per heavy atom. The third kappa shape index (κ3) is 3.33. The number of hydrogen-bond acceptors (Lipinski definition) is 4. The molecule has 0 amide bonds. The number of nitrogens with zero attached hydrogens (tertiary/aromatic N) is 5. The van der Waals surface area contributed by atoms with Crippen molar-refractivity contribution in [3.05, 3.63) is 35.9 Å². The molecule has 1 aliphatic rings. The highest BCUT2D eigenvalue weighted by molar-refractivity contribution is 5.10. The second-order valence-electron chi connectivity index (χ2n) is 5.78. The van der Waals surface area contributed by atoms with Crippen LogP contribution in [0, 0.1) is 0 Å². The molecule has 0 aromatic carbocycles. The van der Waals surface area contributed by atoms with Crippen molar-refractivity contribution in [3.8, 4) is 0 Å². The van der Waals surface area contributed by atoms with Crippen LogP contribution in [-0.2, 0) is 20.1 Å². The van der Waals surface area contributed by atoms with E-state index in [9.17, 15) is 0 Å². The Bertz CT molecular complexity index is 568. The average molecular weight is 289 g/mol. The van der Waals surface area contributed by atoms with Gasteiger partial charge in [0.2, 0.25) is 0 Å². The van der Waals surface area contributed by atoms with Gasteiger partial charge in [-0.2, -0.15) is 10.2 Å². The van der Waals surface area contributed by atoms with E-state index in [0.29, 0.717) is 12.5 Å². The molecule has 6 heteroatoms. The lowest BCUT2D eigenvalue weighted by molar-refractivity contribution is 0.199. The van der Waals surface area contributed by atoms with Crippen molar-refractivity contribution in [2.45, 2.75) is 31.8 Å². The van der Waals surface area contributed by atoms with Crippen LogP contribution in [0.25, 0.3) is 0 Å². The van der Waals surface area contributed by atoms with Gasteiger partial charge in [-0.3, -0.25) is 14.3 Å². The summed E-state index contributed by atoms with van der Waals surface area (Å²) in [5.41, 5.74) is 2.55. The number of aromatic nitrogens is 4. The van der Waals surface area contributed by atoms with E-state index >= 15 is 0 Å². The standard InChI is InChI=1S/C15H23N5O/c1-18-11-13(10-17-18)12-19-6-3-14(4-7-19)15-2-5-16-20(15)8-9-21/h2,5,10-11,14,21H,3-4,6-9,12H2,1H3. The first-order valence-electron chi connectivity index (χ1n) is 7.58. The van der Waals surface area contributed by atoms with Crippen molar-refractivity contribution in [3.63, 3.8) is 0 Å². The average Bonchev–Trinajstić information content (AvgIpc) is 3.10. The van der Waals surface area contributed by atoms with Crippen LogP contribution in [0.15, 0.2) is 24.7 Å². The molecule has 3 rings (SSSR count). The van der Waals surface area contributed by atoms with Crippen LogP contribution in [0.5, 0.6) is 0 Å². The molecule has 1 aliphatic heterocycles. The van der Waals surface area contributed by atoms with Crippen LogP contribution in [0.2, 0.25) is 0 Å². The molecular formula is C15H23N5O. The van der Waals surface area contributed by atoms with Crippen molar-refractivity contribution in [2.75, 3.05) is 19.7 Å². The van der Waals surface area contributed by atoms with Crippen molar-refractivity contribution in [2.24, 2.45) is 7.05 Å². The van der Waals surface area contributed by atoms with Crippen LogP contribution in [-0.4, -0.2) is 49.3 Å². The predicted octanol–water partition coefficient (Wildman–Crippen LogP) is 0.988. The van der Waals surface area contributed by atoms with E-state index in [2.05, 4.69) is 27.4 Å². The molecular weight excluding hydrogens is 266 g/mol. The summed E-state index contributed by atoms with van der Waals surface area (Å²) >= 11 is 0. The second kappa shape index (κ2) is 6.41. The topological polar surface area (TPSA) is 59.1 Å². The van der Waals surface area contributed by atoms with Gasteiger partial charge in [0.05, 0.1) is 19.3 Å². The molecule has 21 heavy (non-hydrogen) atoms. The van der Waals surface area contributed by atoms with Gasteiger partial charge in [0, 0.05) is 43.2 Å². The Morgan fingerprint density at radius 3 is 2.76 bits per heavy atom. The summed E-state index contributed by atoms with van der Waals surface area (Å²) in [4.78, 5) is 2.49. The maximum atomic E-state index is 9.09. The maximum absolute atomic E-state index is 9.09. The first kappa shape index (κ1) is 14.3. The first-order valence-corrected chi connectivity index (χ1v) is 7.58. The number of aryl methyl sites for hydroxylation is 1. The monoisotopic (exact) mass is 289 g/mol. The Morgan fingerprint density at radius 2 is 2.10 bits per heavy atom. The fourth-order valence-electron chi connectivity index (χ4n) is 3.17. The Balaban J connectivity index is 1.56. The van der Waals surface area contributed by atoms with Gasteiger partial charge >= 0.3 is 0 Å². The quantitative estimate of drug-likeness (QED) is 0.892. The number of piperidine rings is 1. The predicted molar refractivity (Wildman–Crippen MR) is 79.8 cm³/mol. The van der Waals surface area contributed by atoms with Gasteiger partial charge in [-0.25, -0.2) is 0 Å². The molecule has 3 heterocycles. The number of hydrogen-bond donors (Lipinski definition) is 1. The number of aliphatic hydroxyl groups is 1. The number of likely N-dealkylation sites (tertiary alicyclic amines) is 1. The molecule has 1 saturated heterocycles. The highest BCUT2D eigenvalue weighted by atomic mass is 16.3. The van der Waals surface area contributed by atoms with Gasteiger partial charge in [-0.15, -0.1) is 0 Å². The third-order valence-corrected chi connectivity index (χ3v) is 4.23. The van der Waals surface area contributed by atoms with Gasteiger partial charge in [0.15, 0.2) is 0 Å². The SMILES string of the molecule is Cn1cc(CN2CCC(c3ccnn3CCO)CC2)cn1. The minimum atomic E-state index is 0.147. The molecule has 6 nitrogen and oxygen atoms in total. The van der Waals surface area contributed by atoms with Crippen molar-refractivity contribution < 1.29 is 5.11 Å². The normalized spacial score (nSPS) is 17.4. The smallest absolute Gasteiger partial charge is 0.0644 e. The van der Waals surface area contributed by atoms with E-state index in [-0.39, 0.29) is 6.61 Å². The summed E-state index contributed by atoms with van der Waals surface area (Å²) in [6, 6.07) is 2.09. The third-order valence-electron chi connectivity index (χ3n) is 4.23. The van der Waals surface area contributed by atoms with E-state index < -0.39 is 0 Å². The van der Waals surface area contributed by atoms with Gasteiger partial charge in [0.25, 0.3) is 0 Å². The molecule has 2 aromatic heterocycles. The molecule has 1 N–H and O–H groups in total. The van der Waals surface area contributed by atoms with E-state index in [4.69, 9.17) is 5.11 Å². The Hall–Kier alpha value is -1.66. The van der Waals surface area contributed by atoms with Crippen LogP contribution in [0.3, 0.4) is 0 Å². The molecule has 1 fully saturated rings. The van der Waals surface area contributed by atoms with Gasteiger partial charge < -0.3 is 5.11 Å². The lowest BCUT2D eigenvalue weighted by Crippen LogP contribution is -2.33. The molecule has 0 unspecified atom stereocenters. The van der Waals surface area contributed by atoms with E-state index in [0.717, 1.165) is 32.5 Å². The zero-order chi connectivity index (χ0) is 14.7. The van der Waals surface area contributed by atoms with E-state index in [1.807, 2.05) is 28.8 Å². The number of rotatable bonds is 5. The van der Waals surface area contributed by atoms with E-state index in [1.165, 1.54) is 11.3 Å². The van der Waals surface area contributed by atoms with E-state index in [1.54, 1.807) is 0 Å². The highest BCUT2D eigenvalue weighted by Gasteiger charge is 2.23. The zero-order valence-electron chi connectivity index (χ0n) is 12.5. The van der Waals surface area contributed by atoms with Gasteiger partial charge in [-0.05, 0) is 32.0 Å². The summed E-state index contributed by atoms with van der Waals surface area (Å²) in [5, 5.41) is 17.6. The fourth-order valence-corrected chi connectivity index (χ4v) is 3.17. The Labute approximate surface area is 125 Å². The summed E-state index contributed by atoms with van der Waals surface area (Å²) in [7, 11) is 1.96. The highest BCUT2D eigenvalue weighted by Crippen LogP contribution is 2.28. The fraction of sp³-hybridized carbons (Fsp3) is 0.600. The first-order chi connectivity index (χ1) is 10.3. The molecule has 0 spiro atoms. The van der Waals surface area contributed by atoms with Crippen molar-refractivity contribution in [1.29, 1.82) is 0 Å². The number of aliphatic hydroxyl groups excluding tert-OH is 1. The second-order valence-corrected chi connectivity index (χ2v) is 5.78. The molecule has 2 aromatic rings. The molecule has 0 saturated carbocycles. The lowest BCUT2D eigenvalue weighted by Gasteiger charge is -2.31. The van der Waals surface area contributed by atoms with Crippen molar-refractivity contribution >= 4 is 0 Å².